The van der Waals surface area contributed by atoms with Crippen LogP contribution in [-0.2, 0) is 9.59 Å². The Morgan fingerprint density at radius 1 is 1.10 bits per heavy atom. The maximum atomic E-state index is 13.4. The number of aliphatic hydroxyl groups excluding tert-OH is 1. The summed E-state index contributed by atoms with van der Waals surface area (Å²) in [4.78, 5) is 26.9. The third-order valence-electron chi connectivity index (χ3n) is 6.79. The van der Waals surface area contributed by atoms with Crippen LogP contribution in [0.5, 0.6) is 0 Å². The van der Waals surface area contributed by atoms with Crippen LogP contribution in [0, 0.1) is 13.8 Å². The second kappa shape index (κ2) is 11.1. The molecule has 1 aliphatic heterocycles. The molecule has 1 saturated carbocycles. The Labute approximate surface area is 186 Å². The summed E-state index contributed by atoms with van der Waals surface area (Å²) in [6, 6.07) is 6.37. The molecule has 0 aromatic heterocycles. The van der Waals surface area contributed by atoms with Crippen LogP contribution in [0.2, 0.25) is 0 Å². The number of nitrogens with one attached hydrogen (secondary N) is 1. The molecule has 1 aliphatic carbocycles. The molecule has 31 heavy (non-hydrogen) atoms. The van der Waals surface area contributed by atoms with Crippen LogP contribution in [0.25, 0.3) is 0 Å². The first-order valence-corrected chi connectivity index (χ1v) is 11.2. The number of aryl methyl sites for hydroxylation is 2. The van der Waals surface area contributed by atoms with E-state index in [1.807, 2.05) is 46.1 Å². The summed E-state index contributed by atoms with van der Waals surface area (Å²) in [5, 5.41) is 21.0. The summed E-state index contributed by atoms with van der Waals surface area (Å²) < 4.78 is 0. The van der Waals surface area contributed by atoms with Crippen molar-refractivity contribution in [3.05, 3.63) is 29.3 Å². The minimum atomic E-state index is -0.833. The number of piperidine rings is 1. The minimum absolute atomic E-state index is 0.0914. The number of aliphatic carboxylic acids is 1. The molecule has 1 heterocycles. The number of benzene rings is 1. The molecule has 0 spiro atoms. The Kier molecular flexibility index (Phi) is 9.03. The smallest absolute Gasteiger partial charge is 0.300 e. The summed E-state index contributed by atoms with van der Waals surface area (Å²) in [6.45, 7) is 6.89. The molecule has 7 heteroatoms. The second-order valence-electron chi connectivity index (χ2n) is 9.12. The van der Waals surface area contributed by atoms with Crippen molar-refractivity contribution in [1.29, 1.82) is 0 Å². The minimum Gasteiger partial charge on any atom is -0.481 e. The highest BCUT2D eigenvalue weighted by molar-refractivity contribution is 5.99. The number of nitrogens with zero attached hydrogens (tertiary/aromatic N) is 2. The second-order valence-corrected chi connectivity index (χ2v) is 9.12. The van der Waals surface area contributed by atoms with Crippen molar-refractivity contribution in [2.24, 2.45) is 0 Å². The van der Waals surface area contributed by atoms with Gasteiger partial charge in [-0.2, -0.15) is 0 Å². The molecule has 7 nitrogen and oxygen atoms in total. The molecule has 0 bridgehead atoms. The molecule has 1 aromatic carbocycles. The van der Waals surface area contributed by atoms with Gasteiger partial charge in [-0.15, -0.1) is 0 Å². The van der Waals surface area contributed by atoms with E-state index in [-0.39, 0.29) is 18.1 Å². The van der Waals surface area contributed by atoms with Crippen LogP contribution >= 0.6 is 0 Å². The van der Waals surface area contributed by atoms with Crippen molar-refractivity contribution >= 4 is 17.6 Å². The van der Waals surface area contributed by atoms with Gasteiger partial charge < -0.3 is 15.5 Å². The third-order valence-corrected chi connectivity index (χ3v) is 6.79. The van der Waals surface area contributed by atoms with Crippen molar-refractivity contribution in [3.8, 4) is 0 Å². The number of amides is 1. The van der Waals surface area contributed by atoms with E-state index in [4.69, 9.17) is 9.90 Å². The fraction of sp³-hybridized carbons (Fsp3) is 0.667. The van der Waals surface area contributed by atoms with E-state index in [2.05, 4.69) is 15.1 Å². The van der Waals surface area contributed by atoms with Crippen molar-refractivity contribution < 1.29 is 19.8 Å². The van der Waals surface area contributed by atoms with Gasteiger partial charge in [-0.05, 0) is 64.8 Å². The molecule has 1 aromatic rings. The summed E-state index contributed by atoms with van der Waals surface area (Å²) in [6.07, 6.45) is 5.68. The highest BCUT2D eigenvalue weighted by Crippen LogP contribution is 2.33. The van der Waals surface area contributed by atoms with E-state index in [9.17, 15) is 9.90 Å². The van der Waals surface area contributed by atoms with Gasteiger partial charge in [0.15, 0.2) is 0 Å². The molecule has 3 rings (SSSR count). The Hall–Kier alpha value is -1.96. The number of likely N-dealkylation sites (N-methyl/N-ethyl adjacent to an activating group) is 1. The normalized spacial score (nSPS) is 23.6. The van der Waals surface area contributed by atoms with E-state index >= 15 is 0 Å². The zero-order chi connectivity index (χ0) is 23.2. The largest absolute Gasteiger partial charge is 0.481 e. The van der Waals surface area contributed by atoms with E-state index in [0.29, 0.717) is 0 Å². The van der Waals surface area contributed by atoms with Gasteiger partial charge in [-0.3, -0.25) is 19.4 Å². The van der Waals surface area contributed by atoms with Gasteiger partial charge in [0.2, 0.25) is 5.91 Å². The standard InChI is InChI=1S/C22H35N3O2.C2H4O2/c1-16-8-7-9-17(2)20(16)23-21(27)22(24(3)4)12-14-25(15-13-22)18-10-5-6-11-19(18)26;1-2(3)4/h7-9,18-19,26H,5-6,10-15H2,1-4H3,(H,23,27);1H3,(H,3,4). The molecule has 2 fully saturated rings. The fourth-order valence-electron chi connectivity index (χ4n) is 4.86. The number of carboxylic acids is 1. The Morgan fingerprint density at radius 3 is 2.10 bits per heavy atom. The molecular weight excluding hydrogens is 394 g/mol. The lowest BCUT2D eigenvalue weighted by atomic mass is 9.82. The number of rotatable bonds is 4. The number of aliphatic hydroxyl groups is 1. The number of carbonyl (C=O) groups is 2. The molecule has 2 unspecified atom stereocenters. The topological polar surface area (TPSA) is 93.1 Å². The highest BCUT2D eigenvalue weighted by atomic mass is 16.4. The number of carbonyl (C=O) groups excluding carboxylic acids is 1. The first-order chi connectivity index (χ1) is 14.6. The molecule has 3 N–H and O–H groups in total. The first kappa shape index (κ1) is 25.3. The van der Waals surface area contributed by atoms with Gasteiger partial charge in [-0.25, -0.2) is 0 Å². The molecule has 1 saturated heterocycles. The number of para-hydroxylation sites is 1. The molecule has 1 amide bonds. The zero-order valence-corrected chi connectivity index (χ0v) is 19.6. The molecule has 2 aliphatic rings. The first-order valence-electron chi connectivity index (χ1n) is 11.2. The predicted octanol–water partition coefficient (Wildman–Crippen LogP) is 3.03. The SMILES string of the molecule is CC(=O)O.Cc1cccc(C)c1NC(=O)C1(N(C)C)CCN(C2CCCCC2O)CC1. The fourth-order valence-corrected chi connectivity index (χ4v) is 4.86. The number of likely N-dealkylation sites (tertiary alicyclic amines) is 1. The summed E-state index contributed by atoms with van der Waals surface area (Å²) in [7, 11) is 4.02. The van der Waals surface area contributed by atoms with E-state index in [1.165, 1.54) is 6.42 Å². The molecule has 174 valence electrons. The van der Waals surface area contributed by atoms with Crippen LogP contribution in [0.15, 0.2) is 18.2 Å². The Morgan fingerprint density at radius 2 is 1.61 bits per heavy atom. The quantitative estimate of drug-likeness (QED) is 0.676. The van der Waals surface area contributed by atoms with Gasteiger partial charge in [-0.1, -0.05) is 31.0 Å². The number of hydrogen-bond acceptors (Lipinski definition) is 5. The molecular formula is C24H39N3O4. The van der Waals surface area contributed by atoms with Crippen LogP contribution in [0.3, 0.4) is 0 Å². The highest BCUT2D eigenvalue weighted by Gasteiger charge is 2.45. The summed E-state index contributed by atoms with van der Waals surface area (Å²) in [5.74, 6) is -0.742. The van der Waals surface area contributed by atoms with Crippen molar-refractivity contribution in [1.82, 2.24) is 9.80 Å². The van der Waals surface area contributed by atoms with Gasteiger partial charge >= 0.3 is 0 Å². The monoisotopic (exact) mass is 433 g/mol. The lowest BCUT2D eigenvalue weighted by molar-refractivity contribution is -0.134. The van der Waals surface area contributed by atoms with Crippen LogP contribution in [-0.4, -0.2) is 76.8 Å². The van der Waals surface area contributed by atoms with E-state index in [0.717, 1.165) is 68.9 Å². The molecule has 0 radical (unpaired) electrons. The van der Waals surface area contributed by atoms with Gasteiger partial charge in [0, 0.05) is 31.7 Å². The summed E-state index contributed by atoms with van der Waals surface area (Å²) in [5.41, 5.74) is 2.64. The number of hydrogen-bond donors (Lipinski definition) is 3. The summed E-state index contributed by atoms with van der Waals surface area (Å²) >= 11 is 0. The van der Waals surface area contributed by atoms with E-state index < -0.39 is 11.5 Å². The van der Waals surface area contributed by atoms with Gasteiger partial charge in [0.05, 0.1) is 6.10 Å². The predicted molar refractivity (Wildman–Crippen MR) is 123 cm³/mol. The van der Waals surface area contributed by atoms with Crippen molar-refractivity contribution in [2.45, 2.75) is 77.0 Å². The lowest BCUT2D eigenvalue weighted by Crippen LogP contribution is -2.61. The van der Waals surface area contributed by atoms with Crippen molar-refractivity contribution in [2.75, 3.05) is 32.5 Å². The maximum absolute atomic E-state index is 13.4. The van der Waals surface area contributed by atoms with Crippen LogP contribution in [0.4, 0.5) is 5.69 Å². The number of anilines is 1. The zero-order valence-electron chi connectivity index (χ0n) is 19.6. The maximum Gasteiger partial charge on any atom is 0.300 e. The van der Waals surface area contributed by atoms with Gasteiger partial charge in [0.25, 0.3) is 5.97 Å². The van der Waals surface area contributed by atoms with E-state index in [1.54, 1.807) is 0 Å². The lowest BCUT2D eigenvalue weighted by Gasteiger charge is -2.48. The Bertz CT molecular complexity index is 733. The Balaban J connectivity index is 0.000000785. The molecule has 2 atom stereocenters. The van der Waals surface area contributed by atoms with Crippen LogP contribution in [0.1, 0.15) is 56.6 Å². The third kappa shape index (κ3) is 6.28. The average molecular weight is 434 g/mol. The van der Waals surface area contributed by atoms with Gasteiger partial charge in [0.1, 0.15) is 5.54 Å². The van der Waals surface area contributed by atoms with Crippen LogP contribution < -0.4 is 5.32 Å². The van der Waals surface area contributed by atoms with Crippen molar-refractivity contribution in [3.63, 3.8) is 0 Å². The number of carboxylic acid groups (broad SMARTS) is 1. The average Bonchev–Trinajstić information content (AvgIpc) is 2.70.